The fraction of sp³-hybridized carbons (Fsp3) is 0.353. The second-order valence-electron chi connectivity index (χ2n) is 5.17. The molecule has 0 N–H and O–H groups in total. The van der Waals surface area contributed by atoms with E-state index in [1.807, 2.05) is 36.4 Å². The van der Waals surface area contributed by atoms with Crippen molar-refractivity contribution in [3.8, 4) is 11.8 Å². The summed E-state index contributed by atoms with van der Waals surface area (Å²) < 4.78 is 11.4. The van der Waals surface area contributed by atoms with Crippen molar-refractivity contribution in [1.82, 2.24) is 0 Å². The van der Waals surface area contributed by atoms with Crippen LogP contribution in [0.5, 0.6) is 5.75 Å². The van der Waals surface area contributed by atoms with Crippen molar-refractivity contribution < 1.29 is 9.47 Å². The predicted molar refractivity (Wildman–Crippen MR) is 77.7 cm³/mol. The number of ether oxygens (including phenoxy) is 2. The topological polar surface area (TPSA) is 42.2 Å². The third kappa shape index (κ3) is 2.61. The average Bonchev–Trinajstić information content (AvgIpc) is 2.53. The highest BCUT2D eigenvalue weighted by atomic mass is 16.5. The van der Waals surface area contributed by atoms with Crippen LogP contribution in [0.3, 0.4) is 0 Å². The predicted octanol–water partition coefficient (Wildman–Crippen LogP) is 3.52. The molecule has 3 rings (SSSR count). The summed E-state index contributed by atoms with van der Waals surface area (Å²) in [5.41, 5.74) is 0.598. The van der Waals surface area contributed by atoms with Crippen LogP contribution >= 0.6 is 0 Å². The summed E-state index contributed by atoms with van der Waals surface area (Å²) in [5.74, 6) is 1.13. The molecule has 1 atom stereocenters. The minimum absolute atomic E-state index is 0.425. The van der Waals surface area contributed by atoms with E-state index in [1.165, 1.54) is 0 Å². The van der Waals surface area contributed by atoms with Crippen LogP contribution in [0, 0.1) is 17.2 Å². The van der Waals surface area contributed by atoms with Crippen LogP contribution in [-0.4, -0.2) is 19.8 Å². The summed E-state index contributed by atoms with van der Waals surface area (Å²) in [4.78, 5) is 0. The normalized spacial score (nSPS) is 18.6. The van der Waals surface area contributed by atoms with Gasteiger partial charge in [0.15, 0.2) is 0 Å². The molecule has 0 aromatic heterocycles. The highest BCUT2D eigenvalue weighted by Gasteiger charge is 2.16. The maximum atomic E-state index is 9.26. The molecule has 1 saturated heterocycles. The van der Waals surface area contributed by atoms with Gasteiger partial charge < -0.3 is 9.47 Å². The second-order valence-corrected chi connectivity index (χ2v) is 5.17. The van der Waals surface area contributed by atoms with Crippen molar-refractivity contribution in [2.24, 2.45) is 5.92 Å². The van der Waals surface area contributed by atoms with Gasteiger partial charge in [-0.15, -0.1) is 0 Å². The molecule has 3 nitrogen and oxygen atoms in total. The van der Waals surface area contributed by atoms with E-state index < -0.39 is 0 Å². The zero-order valence-corrected chi connectivity index (χ0v) is 11.3. The monoisotopic (exact) mass is 267 g/mol. The van der Waals surface area contributed by atoms with Crippen molar-refractivity contribution in [2.45, 2.75) is 12.8 Å². The first-order valence-corrected chi connectivity index (χ1v) is 7.01. The van der Waals surface area contributed by atoms with Gasteiger partial charge in [-0.1, -0.05) is 30.3 Å². The van der Waals surface area contributed by atoms with E-state index in [-0.39, 0.29) is 0 Å². The van der Waals surface area contributed by atoms with Crippen molar-refractivity contribution in [3.63, 3.8) is 0 Å². The summed E-state index contributed by atoms with van der Waals surface area (Å²) in [6, 6.07) is 14.0. The third-order valence-corrected chi connectivity index (χ3v) is 3.72. The third-order valence-electron chi connectivity index (χ3n) is 3.72. The number of hydrogen-bond acceptors (Lipinski definition) is 3. The summed E-state index contributed by atoms with van der Waals surface area (Å²) in [6.45, 7) is 2.23. The summed E-state index contributed by atoms with van der Waals surface area (Å²) in [6.07, 6.45) is 2.22. The minimum Gasteiger partial charge on any atom is -0.491 e. The van der Waals surface area contributed by atoms with Crippen LogP contribution in [0.4, 0.5) is 0 Å². The van der Waals surface area contributed by atoms with Gasteiger partial charge in [-0.05, 0) is 24.3 Å². The number of nitriles is 1. The van der Waals surface area contributed by atoms with Gasteiger partial charge in [0.25, 0.3) is 0 Å². The Morgan fingerprint density at radius 1 is 1.25 bits per heavy atom. The first kappa shape index (κ1) is 13.0. The van der Waals surface area contributed by atoms with E-state index in [9.17, 15) is 5.26 Å². The van der Waals surface area contributed by atoms with Crippen LogP contribution in [-0.2, 0) is 4.74 Å². The molecule has 1 heterocycles. The number of nitrogens with zero attached hydrogens (tertiary/aromatic N) is 1. The largest absolute Gasteiger partial charge is 0.491 e. The van der Waals surface area contributed by atoms with Crippen molar-refractivity contribution >= 4 is 10.8 Å². The van der Waals surface area contributed by atoms with Gasteiger partial charge in [-0.3, -0.25) is 0 Å². The van der Waals surface area contributed by atoms with Crippen molar-refractivity contribution in [2.75, 3.05) is 19.8 Å². The number of rotatable bonds is 3. The molecule has 3 heteroatoms. The maximum Gasteiger partial charge on any atom is 0.144 e. The van der Waals surface area contributed by atoms with Crippen molar-refractivity contribution in [3.05, 3.63) is 42.0 Å². The molecular formula is C17H17NO2. The molecule has 1 aliphatic heterocycles. The van der Waals surface area contributed by atoms with Crippen LogP contribution in [0.25, 0.3) is 10.8 Å². The van der Waals surface area contributed by atoms with E-state index in [1.54, 1.807) is 0 Å². The SMILES string of the molecule is N#Cc1ccc2ccccc2c1OCC1CCCOC1. The molecule has 1 unspecified atom stereocenters. The van der Waals surface area contributed by atoms with E-state index in [2.05, 4.69) is 6.07 Å². The lowest BCUT2D eigenvalue weighted by Crippen LogP contribution is -2.23. The Morgan fingerprint density at radius 3 is 2.95 bits per heavy atom. The fourth-order valence-corrected chi connectivity index (χ4v) is 2.63. The molecular weight excluding hydrogens is 250 g/mol. The van der Waals surface area contributed by atoms with Gasteiger partial charge in [0.05, 0.1) is 18.8 Å². The first-order chi connectivity index (χ1) is 9.88. The Balaban J connectivity index is 1.87. The number of benzene rings is 2. The number of hydrogen-bond donors (Lipinski definition) is 0. The van der Waals surface area contributed by atoms with Crippen LogP contribution in [0.15, 0.2) is 36.4 Å². The van der Waals surface area contributed by atoms with Crippen molar-refractivity contribution in [1.29, 1.82) is 5.26 Å². The van der Waals surface area contributed by atoms with Gasteiger partial charge in [-0.25, -0.2) is 0 Å². The fourth-order valence-electron chi connectivity index (χ4n) is 2.63. The van der Waals surface area contributed by atoms with Crippen LogP contribution in [0.2, 0.25) is 0 Å². The molecule has 1 fully saturated rings. The Hall–Kier alpha value is -2.05. The van der Waals surface area contributed by atoms with Gasteiger partial charge >= 0.3 is 0 Å². The lowest BCUT2D eigenvalue weighted by molar-refractivity contribution is 0.0354. The maximum absolute atomic E-state index is 9.26. The van der Waals surface area contributed by atoms with E-state index in [4.69, 9.17) is 9.47 Å². The van der Waals surface area contributed by atoms with E-state index in [0.717, 1.165) is 36.8 Å². The molecule has 20 heavy (non-hydrogen) atoms. The zero-order valence-electron chi connectivity index (χ0n) is 11.3. The van der Waals surface area contributed by atoms with Gasteiger partial charge in [0.1, 0.15) is 11.8 Å². The molecule has 102 valence electrons. The molecule has 0 radical (unpaired) electrons. The van der Waals surface area contributed by atoms with Gasteiger partial charge in [0, 0.05) is 17.9 Å². The summed E-state index contributed by atoms with van der Waals surface area (Å²) >= 11 is 0. The standard InChI is InChI=1S/C17H17NO2/c18-10-15-8-7-14-5-1-2-6-16(14)17(15)20-12-13-4-3-9-19-11-13/h1-2,5-8,13H,3-4,9,11-12H2. The Kier molecular flexibility index (Phi) is 3.85. The highest BCUT2D eigenvalue weighted by molar-refractivity contribution is 5.90. The molecule has 0 amide bonds. The first-order valence-electron chi connectivity index (χ1n) is 7.01. The molecule has 2 aromatic rings. The zero-order chi connectivity index (χ0) is 13.8. The quantitative estimate of drug-likeness (QED) is 0.854. The molecule has 2 aromatic carbocycles. The molecule has 0 saturated carbocycles. The Labute approximate surface area is 118 Å². The highest BCUT2D eigenvalue weighted by Crippen LogP contribution is 2.30. The summed E-state index contributed by atoms with van der Waals surface area (Å²) in [7, 11) is 0. The number of fused-ring (bicyclic) bond motifs is 1. The van der Waals surface area contributed by atoms with Gasteiger partial charge in [-0.2, -0.15) is 5.26 Å². The second kappa shape index (κ2) is 5.94. The van der Waals surface area contributed by atoms with Gasteiger partial charge in [0.2, 0.25) is 0 Å². The van der Waals surface area contributed by atoms with Crippen LogP contribution in [0.1, 0.15) is 18.4 Å². The lowest BCUT2D eigenvalue weighted by atomic mass is 10.0. The van der Waals surface area contributed by atoms with Crippen LogP contribution < -0.4 is 4.74 Å². The molecule has 1 aliphatic rings. The lowest BCUT2D eigenvalue weighted by Gasteiger charge is -2.22. The van der Waals surface area contributed by atoms with E-state index >= 15 is 0 Å². The van der Waals surface area contributed by atoms with E-state index in [0.29, 0.717) is 23.8 Å². The molecule has 0 spiro atoms. The Bertz CT molecular complexity index is 639. The summed E-state index contributed by atoms with van der Waals surface area (Å²) in [5, 5.41) is 11.4. The minimum atomic E-state index is 0.425. The molecule has 0 bridgehead atoms. The molecule has 0 aliphatic carbocycles. The smallest absolute Gasteiger partial charge is 0.144 e. The average molecular weight is 267 g/mol. The Morgan fingerprint density at radius 2 is 2.15 bits per heavy atom.